The summed E-state index contributed by atoms with van der Waals surface area (Å²) in [6.45, 7) is 3.28. The Kier molecular flexibility index (Phi) is 5.47. The first-order chi connectivity index (χ1) is 9.24. The van der Waals surface area contributed by atoms with Gasteiger partial charge in [-0.3, -0.25) is 14.7 Å². The summed E-state index contributed by atoms with van der Waals surface area (Å²) < 4.78 is 11.2. The number of carbonyl (C=O) groups is 1. The summed E-state index contributed by atoms with van der Waals surface area (Å²) in [5.74, 6) is -2.62. The van der Waals surface area contributed by atoms with Gasteiger partial charge in [0.2, 0.25) is 0 Å². The molecular weight excluding hydrogens is 285 g/mol. The Morgan fingerprint density at radius 2 is 1.90 bits per heavy atom. The quantitative estimate of drug-likeness (QED) is 0.370. The third-order valence-electron chi connectivity index (χ3n) is 2.63. The van der Waals surface area contributed by atoms with Crippen LogP contribution in [0.2, 0.25) is 0 Å². The van der Waals surface area contributed by atoms with Crippen molar-refractivity contribution in [2.45, 2.75) is 18.2 Å². The summed E-state index contributed by atoms with van der Waals surface area (Å²) in [6.07, 6.45) is 0.994. The summed E-state index contributed by atoms with van der Waals surface area (Å²) >= 11 is 0. The largest absolute Gasteiger partial charge is 0.508 e. The van der Waals surface area contributed by atoms with E-state index in [4.69, 9.17) is 20.0 Å². The second kappa shape index (κ2) is 6.67. The van der Waals surface area contributed by atoms with E-state index in [1.54, 1.807) is 0 Å². The lowest BCUT2D eigenvalue weighted by molar-refractivity contribution is -0.139. The molecule has 1 aromatic carbocycles. The van der Waals surface area contributed by atoms with Gasteiger partial charge in [0.25, 0.3) is 0 Å². The molecule has 2 unspecified atom stereocenters. The van der Waals surface area contributed by atoms with Crippen molar-refractivity contribution in [3.8, 4) is 5.75 Å². The van der Waals surface area contributed by atoms with Crippen LogP contribution in [0.25, 0.3) is 0 Å². The molecule has 0 aliphatic heterocycles. The molecule has 0 heterocycles. The number of rotatable bonds is 7. The summed E-state index contributed by atoms with van der Waals surface area (Å²) in [7, 11) is -4.51. The van der Waals surface area contributed by atoms with E-state index >= 15 is 0 Å². The molecule has 0 aliphatic carbocycles. The van der Waals surface area contributed by atoms with Gasteiger partial charge in [0.05, 0.1) is 0 Å². The first-order valence-corrected chi connectivity index (χ1v) is 7.36. The van der Waals surface area contributed by atoms with Crippen LogP contribution < -0.4 is 5.32 Å². The number of phenolic OH excluding ortho intramolecular Hbond substituents is 1. The van der Waals surface area contributed by atoms with E-state index in [-0.39, 0.29) is 12.2 Å². The maximum absolute atomic E-state index is 11.2. The average molecular weight is 301 g/mol. The van der Waals surface area contributed by atoms with Gasteiger partial charge in [-0.05, 0) is 24.1 Å². The number of phenols is 1. The monoisotopic (exact) mass is 301 g/mol. The van der Waals surface area contributed by atoms with Gasteiger partial charge >= 0.3 is 13.6 Å². The molecule has 0 aliphatic rings. The Bertz CT molecular complexity index is 523. The SMILES string of the molecule is C=CC(NC(Cc1ccc(O)cc1)C(=O)O)P(=O)(O)O. The van der Waals surface area contributed by atoms with Crippen molar-refractivity contribution in [3.63, 3.8) is 0 Å². The molecule has 0 amide bonds. The number of hydrogen-bond acceptors (Lipinski definition) is 4. The highest BCUT2D eigenvalue weighted by atomic mass is 31.2. The minimum absolute atomic E-state index is 0.0138. The van der Waals surface area contributed by atoms with Crippen LogP contribution in [-0.4, -0.2) is 37.8 Å². The number of nitrogens with one attached hydrogen (secondary N) is 1. The van der Waals surface area contributed by atoms with Gasteiger partial charge in [-0.1, -0.05) is 18.2 Å². The highest BCUT2D eigenvalue weighted by Gasteiger charge is 2.30. The fourth-order valence-corrected chi connectivity index (χ4v) is 2.24. The first-order valence-electron chi connectivity index (χ1n) is 5.68. The van der Waals surface area contributed by atoms with Crippen LogP contribution in [0.3, 0.4) is 0 Å². The van der Waals surface area contributed by atoms with Crippen molar-refractivity contribution in [2.75, 3.05) is 0 Å². The topological polar surface area (TPSA) is 127 Å². The van der Waals surface area contributed by atoms with Gasteiger partial charge in [-0.2, -0.15) is 0 Å². The predicted octanol–water partition coefficient (Wildman–Crippen LogP) is 0.667. The molecule has 0 aromatic heterocycles. The van der Waals surface area contributed by atoms with E-state index in [1.807, 2.05) is 0 Å². The summed E-state index contributed by atoms with van der Waals surface area (Å²) in [5, 5.41) is 20.6. The minimum Gasteiger partial charge on any atom is -0.508 e. The second-order valence-corrected chi connectivity index (χ2v) is 5.93. The number of aliphatic carboxylic acids is 1. The smallest absolute Gasteiger partial charge is 0.346 e. The molecule has 7 nitrogen and oxygen atoms in total. The van der Waals surface area contributed by atoms with Crippen molar-refractivity contribution < 1.29 is 29.4 Å². The molecule has 0 fully saturated rings. The van der Waals surface area contributed by atoms with Crippen molar-refractivity contribution in [2.24, 2.45) is 0 Å². The van der Waals surface area contributed by atoms with Gasteiger partial charge in [0.15, 0.2) is 0 Å². The molecule has 5 N–H and O–H groups in total. The molecule has 1 aromatic rings. The van der Waals surface area contributed by atoms with Crippen molar-refractivity contribution in [3.05, 3.63) is 42.5 Å². The first kappa shape index (κ1) is 16.4. The normalized spacial score (nSPS) is 14.5. The lowest BCUT2D eigenvalue weighted by Crippen LogP contribution is -2.43. The molecule has 110 valence electrons. The standard InChI is InChI=1S/C12H16NO6P/c1-2-11(20(17,18)19)13-10(12(15)16)7-8-3-5-9(14)6-4-8/h2-6,10-11,13-14H,1,7H2,(H,15,16)(H2,17,18,19). The molecule has 1 rings (SSSR count). The Morgan fingerprint density at radius 3 is 2.30 bits per heavy atom. The van der Waals surface area contributed by atoms with Gasteiger partial charge in [0, 0.05) is 0 Å². The minimum atomic E-state index is -4.51. The van der Waals surface area contributed by atoms with Crippen LogP contribution in [0, 0.1) is 0 Å². The number of carboxylic acid groups (broad SMARTS) is 1. The van der Waals surface area contributed by atoms with Crippen LogP contribution in [-0.2, 0) is 15.8 Å². The van der Waals surface area contributed by atoms with E-state index in [0.717, 1.165) is 6.08 Å². The molecule has 0 bridgehead atoms. The second-order valence-electron chi connectivity index (χ2n) is 4.20. The lowest BCUT2D eigenvalue weighted by Gasteiger charge is -2.21. The number of aromatic hydroxyl groups is 1. The van der Waals surface area contributed by atoms with Gasteiger partial charge in [0.1, 0.15) is 17.6 Å². The van der Waals surface area contributed by atoms with Crippen LogP contribution in [0.5, 0.6) is 5.75 Å². The van der Waals surface area contributed by atoms with Crippen LogP contribution in [0.1, 0.15) is 5.56 Å². The zero-order valence-electron chi connectivity index (χ0n) is 10.5. The van der Waals surface area contributed by atoms with Crippen LogP contribution in [0.4, 0.5) is 0 Å². The summed E-state index contributed by atoms with van der Waals surface area (Å²) in [4.78, 5) is 29.3. The van der Waals surface area contributed by atoms with Gasteiger partial charge < -0.3 is 20.0 Å². The van der Waals surface area contributed by atoms with E-state index in [1.165, 1.54) is 24.3 Å². The summed E-state index contributed by atoms with van der Waals surface area (Å²) in [6, 6.07) is 4.70. The zero-order valence-corrected chi connectivity index (χ0v) is 11.4. The van der Waals surface area contributed by atoms with Crippen molar-refractivity contribution in [1.82, 2.24) is 5.32 Å². The van der Waals surface area contributed by atoms with Crippen molar-refractivity contribution >= 4 is 13.6 Å². The van der Waals surface area contributed by atoms with Crippen LogP contribution >= 0.6 is 7.60 Å². The van der Waals surface area contributed by atoms with E-state index in [0.29, 0.717) is 5.56 Å². The molecule has 20 heavy (non-hydrogen) atoms. The van der Waals surface area contributed by atoms with Crippen LogP contribution in [0.15, 0.2) is 36.9 Å². The number of benzene rings is 1. The molecule has 0 radical (unpaired) electrons. The highest BCUT2D eigenvalue weighted by Crippen LogP contribution is 2.40. The molecule has 8 heteroatoms. The molecule has 0 spiro atoms. The Hall–Kier alpha value is -1.66. The molecule has 0 saturated carbocycles. The predicted molar refractivity (Wildman–Crippen MR) is 72.4 cm³/mol. The fraction of sp³-hybridized carbons (Fsp3) is 0.250. The Morgan fingerprint density at radius 1 is 1.35 bits per heavy atom. The lowest BCUT2D eigenvalue weighted by atomic mass is 10.1. The van der Waals surface area contributed by atoms with E-state index < -0.39 is 25.4 Å². The Balaban J connectivity index is 2.84. The van der Waals surface area contributed by atoms with Crippen molar-refractivity contribution in [1.29, 1.82) is 0 Å². The molecular formula is C12H16NO6P. The molecule has 0 saturated heterocycles. The van der Waals surface area contributed by atoms with Gasteiger partial charge in [-0.25, -0.2) is 0 Å². The van der Waals surface area contributed by atoms with Gasteiger partial charge in [-0.15, -0.1) is 6.58 Å². The zero-order chi connectivity index (χ0) is 15.3. The summed E-state index contributed by atoms with van der Waals surface area (Å²) in [5.41, 5.74) is 0.608. The third-order valence-corrected chi connectivity index (χ3v) is 3.72. The van der Waals surface area contributed by atoms with E-state index in [9.17, 15) is 9.36 Å². The average Bonchev–Trinajstić information content (AvgIpc) is 2.34. The third kappa shape index (κ3) is 4.79. The maximum Gasteiger partial charge on any atom is 0.346 e. The van der Waals surface area contributed by atoms with E-state index in [2.05, 4.69) is 11.9 Å². The highest BCUT2D eigenvalue weighted by molar-refractivity contribution is 7.52. The Labute approximate surface area is 115 Å². The molecule has 2 atom stereocenters. The number of carboxylic acids is 1. The number of hydrogen-bond donors (Lipinski definition) is 5. The fourth-order valence-electron chi connectivity index (χ4n) is 1.59. The maximum atomic E-state index is 11.2.